The lowest BCUT2D eigenvalue weighted by molar-refractivity contribution is 0.552. The molecule has 0 saturated heterocycles. The summed E-state index contributed by atoms with van der Waals surface area (Å²) < 4.78 is 26.3. The van der Waals surface area contributed by atoms with Gasteiger partial charge < -0.3 is 0 Å². The van der Waals surface area contributed by atoms with E-state index in [2.05, 4.69) is 15.9 Å². The molecule has 0 nitrogen and oxygen atoms in total. The van der Waals surface area contributed by atoms with Gasteiger partial charge in [-0.15, -0.1) is 11.6 Å². The minimum atomic E-state index is -0.664. The zero-order valence-electron chi connectivity index (χ0n) is 6.24. The van der Waals surface area contributed by atoms with E-state index in [1.165, 1.54) is 19.1 Å². The number of benzene rings is 1. The molecule has 66 valence electrons. The molecule has 0 aliphatic rings. The van der Waals surface area contributed by atoms with E-state index in [4.69, 9.17) is 11.6 Å². The Bertz CT molecular complexity index is 299. The maximum atomic E-state index is 13.1. The first-order chi connectivity index (χ1) is 5.54. The third-order valence-electron chi connectivity index (χ3n) is 1.48. The maximum Gasteiger partial charge on any atom is 0.144 e. The first-order valence-corrected chi connectivity index (χ1v) is 4.54. The van der Waals surface area contributed by atoms with Crippen LogP contribution in [0.3, 0.4) is 0 Å². The average molecular weight is 255 g/mol. The Morgan fingerprint density at radius 2 is 2.00 bits per heavy atom. The van der Waals surface area contributed by atoms with E-state index in [0.717, 1.165) is 0 Å². The second kappa shape index (κ2) is 3.71. The van der Waals surface area contributed by atoms with Crippen LogP contribution in [-0.4, -0.2) is 0 Å². The highest BCUT2D eigenvalue weighted by Crippen LogP contribution is 2.29. The Kier molecular flexibility index (Phi) is 3.07. The monoisotopic (exact) mass is 254 g/mol. The van der Waals surface area contributed by atoms with Crippen molar-refractivity contribution in [1.82, 2.24) is 0 Å². The Morgan fingerprint density at radius 1 is 1.42 bits per heavy atom. The van der Waals surface area contributed by atoms with Crippen LogP contribution < -0.4 is 0 Å². The molecule has 1 aromatic carbocycles. The van der Waals surface area contributed by atoms with Crippen molar-refractivity contribution in [1.29, 1.82) is 0 Å². The van der Waals surface area contributed by atoms with Crippen LogP contribution in [0.2, 0.25) is 0 Å². The van der Waals surface area contributed by atoms with Gasteiger partial charge in [-0.3, -0.25) is 0 Å². The van der Waals surface area contributed by atoms with Crippen molar-refractivity contribution in [3.8, 4) is 0 Å². The SMILES string of the molecule is CC(Cl)c1c(F)ccc(Br)c1F. The Hall–Kier alpha value is -0.150. The molecule has 0 aliphatic carbocycles. The number of rotatable bonds is 1. The quantitative estimate of drug-likeness (QED) is 0.525. The topological polar surface area (TPSA) is 0 Å². The number of halogens is 4. The van der Waals surface area contributed by atoms with Crippen molar-refractivity contribution in [2.45, 2.75) is 12.3 Å². The van der Waals surface area contributed by atoms with Crippen LogP contribution in [0.1, 0.15) is 17.9 Å². The van der Waals surface area contributed by atoms with Gasteiger partial charge in [0.05, 0.1) is 9.85 Å². The van der Waals surface area contributed by atoms with Crippen LogP contribution in [-0.2, 0) is 0 Å². The third kappa shape index (κ3) is 1.77. The summed E-state index contributed by atoms with van der Waals surface area (Å²) in [5.74, 6) is -1.24. The third-order valence-corrected chi connectivity index (χ3v) is 2.31. The Labute approximate surface area is 82.7 Å². The van der Waals surface area contributed by atoms with Crippen molar-refractivity contribution in [2.24, 2.45) is 0 Å². The van der Waals surface area contributed by atoms with Gasteiger partial charge in [0.15, 0.2) is 0 Å². The molecule has 0 aliphatic heterocycles. The van der Waals surface area contributed by atoms with E-state index in [1.54, 1.807) is 0 Å². The van der Waals surface area contributed by atoms with Crippen LogP contribution in [0.15, 0.2) is 16.6 Å². The molecule has 0 fully saturated rings. The lowest BCUT2D eigenvalue weighted by Crippen LogP contribution is -1.96. The molecule has 0 radical (unpaired) electrons. The van der Waals surface area contributed by atoms with Crippen LogP contribution >= 0.6 is 27.5 Å². The molecule has 1 unspecified atom stereocenters. The highest BCUT2D eigenvalue weighted by atomic mass is 79.9. The molecule has 0 heterocycles. The molecule has 0 N–H and O–H groups in total. The zero-order chi connectivity index (χ0) is 9.30. The summed E-state index contributed by atoms with van der Waals surface area (Å²) in [6.45, 7) is 1.52. The molecule has 0 aromatic heterocycles. The second-order valence-corrected chi connectivity index (χ2v) is 3.88. The van der Waals surface area contributed by atoms with E-state index < -0.39 is 17.0 Å². The van der Waals surface area contributed by atoms with Gasteiger partial charge in [0, 0.05) is 5.56 Å². The number of hydrogen-bond donors (Lipinski definition) is 0. The summed E-state index contributed by atoms with van der Waals surface area (Å²) >= 11 is 8.53. The minimum Gasteiger partial charge on any atom is -0.207 e. The van der Waals surface area contributed by atoms with E-state index in [9.17, 15) is 8.78 Å². The Balaban J connectivity index is 3.33. The van der Waals surface area contributed by atoms with Crippen molar-refractivity contribution in [2.75, 3.05) is 0 Å². The van der Waals surface area contributed by atoms with Crippen LogP contribution in [0, 0.1) is 11.6 Å². The van der Waals surface area contributed by atoms with E-state index in [1.807, 2.05) is 0 Å². The average Bonchev–Trinajstić information content (AvgIpc) is 1.97. The molecular weight excluding hydrogens is 249 g/mol. The van der Waals surface area contributed by atoms with Gasteiger partial charge in [0.2, 0.25) is 0 Å². The summed E-state index contributed by atoms with van der Waals surface area (Å²) in [5, 5.41) is -0.664. The van der Waals surface area contributed by atoms with Crippen molar-refractivity contribution >= 4 is 27.5 Å². The lowest BCUT2D eigenvalue weighted by atomic mass is 10.1. The summed E-state index contributed by atoms with van der Waals surface area (Å²) in [7, 11) is 0. The van der Waals surface area contributed by atoms with E-state index in [0.29, 0.717) is 0 Å². The van der Waals surface area contributed by atoms with Gasteiger partial charge in [0.25, 0.3) is 0 Å². The largest absolute Gasteiger partial charge is 0.207 e. The van der Waals surface area contributed by atoms with Crippen LogP contribution in [0.5, 0.6) is 0 Å². The molecule has 0 amide bonds. The van der Waals surface area contributed by atoms with Gasteiger partial charge in [-0.05, 0) is 35.0 Å². The van der Waals surface area contributed by atoms with Gasteiger partial charge in [0.1, 0.15) is 11.6 Å². The summed E-state index contributed by atoms with van der Waals surface area (Å²) in [5.41, 5.74) is -0.0916. The van der Waals surface area contributed by atoms with Crippen LogP contribution in [0.4, 0.5) is 8.78 Å². The van der Waals surface area contributed by atoms with Crippen molar-refractivity contribution in [3.63, 3.8) is 0 Å². The molecule has 0 spiro atoms. The predicted molar refractivity (Wildman–Crippen MR) is 48.3 cm³/mol. The number of alkyl halides is 1. The summed E-state index contributed by atoms with van der Waals surface area (Å²) in [4.78, 5) is 0. The summed E-state index contributed by atoms with van der Waals surface area (Å²) in [6.07, 6.45) is 0. The highest BCUT2D eigenvalue weighted by Gasteiger charge is 2.16. The molecule has 0 saturated carbocycles. The molecule has 1 aromatic rings. The Morgan fingerprint density at radius 3 is 2.42 bits per heavy atom. The second-order valence-electron chi connectivity index (χ2n) is 2.37. The first-order valence-electron chi connectivity index (χ1n) is 3.31. The normalized spacial score (nSPS) is 13.1. The van der Waals surface area contributed by atoms with Gasteiger partial charge in [-0.2, -0.15) is 0 Å². The van der Waals surface area contributed by atoms with E-state index >= 15 is 0 Å². The van der Waals surface area contributed by atoms with Crippen molar-refractivity contribution in [3.05, 3.63) is 33.8 Å². The number of hydrogen-bond acceptors (Lipinski definition) is 0. The summed E-state index contributed by atoms with van der Waals surface area (Å²) in [6, 6.07) is 2.49. The predicted octanol–water partition coefficient (Wildman–Crippen LogP) is 4.03. The molecule has 1 rings (SSSR count). The lowest BCUT2D eigenvalue weighted by Gasteiger charge is -2.07. The fourth-order valence-electron chi connectivity index (χ4n) is 0.907. The fraction of sp³-hybridized carbons (Fsp3) is 0.250. The molecule has 12 heavy (non-hydrogen) atoms. The maximum absolute atomic E-state index is 13.1. The smallest absolute Gasteiger partial charge is 0.144 e. The molecular formula is C8H6BrClF2. The van der Waals surface area contributed by atoms with E-state index in [-0.39, 0.29) is 10.0 Å². The van der Waals surface area contributed by atoms with Gasteiger partial charge >= 0.3 is 0 Å². The molecule has 1 atom stereocenters. The molecule has 0 bridgehead atoms. The van der Waals surface area contributed by atoms with Gasteiger partial charge in [-0.1, -0.05) is 0 Å². The zero-order valence-corrected chi connectivity index (χ0v) is 8.59. The standard InChI is InChI=1S/C8H6BrClF2/c1-4(10)7-6(11)3-2-5(9)8(7)12/h2-4H,1H3. The first kappa shape index (κ1) is 9.93. The fourth-order valence-corrected chi connectivity index (χ4v) is 1.45. The van der Waals surface area contributed by atoms with Crippen molar-refractivity contribution < 1.29 is 8.78 Å². The van der Waals surface area contributed by atoms with Crippen LogP contribution in [0.25, 0.3) is 0 Å². The molecule has 4 heteroatoms. The van der Waals surface area contributed by atoms with Gasteiger partial charge in [-0.25, -0.2) is 8.78 Å². The minimum absolute atomic E-state index is 0.0916. The highest BCUT2D eigenvalue weighted by molar-refractivity contribution is 9.10.